The highest BCUT2D eigenvalue weighted by Crippen LogP contribution is 2.46. The molecule has 0 radical (unpaired) electrons. The van der Waals surface area contributed by atoms with Gasteiger partial charge in [-0.3, -0.25) is 0 Å². The third-order valence-corrected chi connectivity index (χ3v) is 5.74. The summed E-state index contributed by atoms with van der Waals surface area (Å²) < 4.78 is 17.8. The number of carbonyl (C=O) groups excluding carboxylic acids is 1. The number of anilines is 1. The van der Waals surface area contributed by atoms with Gasteiger partial charge in [0.2, 0.25) is 11.8 Å². The molecule has 8 heteroatoms. The third-order valence-electron chi connectivity index (χ3n) is 5.74. The van der Waals surface area contributed by atoms with E-state index in [1.54, 1.807) is 11.8 Å². The minimum absolute atomic E-state index is 0.176. The number of carbonyl (C=O) groups is 1. The van der Waals surface area contributed by atoms with E-state index < -0.39 is 5.79 Å². The predicted molar refractivity (Wildman–Crippen MR) is 100 cm³/mol. The van der Waals surface area contributed by atoms with Crippen LogP contribution < -0.4 is 14.8 Å². The van der Waals surface area contributed by atoms with Crippen LogP contribution in [0.2, 0.25) is 0 Å². The average molecular weight is 384 g/mol. The molecule has 1 saturated carbocycles. The second-order valence-electron chi connectivity index (χ2n) is 7.78. The largest absolute Gasteiger partial charge is 0.448 e. The first-order valence-electron chi connectivity index (χ1n) is 10.0. The predicted octanol–water partition coefficient (Wildman–Crippen LogP) is 4.18. The van der Waals surface area contributed by atoms with E-state index in [9.17, 15) is 4.79 Å². The van der Waals surface area contributed by atoms with E-state index >= 15 is 0 Å². The van der Waals surface area contributed by atoms with Crippen molar-refractivity contribution in [3.63, 3.8) is 0 Å². The van der Waals surface area contributed by atoms with E-state index in [1.165, 1.54) is 6.42 Å². The van der Waals surface area contributed by atoms with Gasteiger partial charge in [-0.05, 0) is 37.8 Å². The lowest BCUT2D eigenvalue weighted by Crippen LogP contribution is -2.40. The first-order chi connectivity index (χ1) is 13.6. The van der Waals surface area contributed by atoms with Gasteiger partial charge in [0.25, 0.3) is 5.79 Å². The molecule has 0 bridgehead atoms. The Balaban J connectivity index is 1.29. The fourth-order valence-electron chi connectivity index (χ4n) is 4.37. The minimum atomic E-state index is -0.515. The van der Waals surface area contributed by atoms with Crippen LogP contribution in [-0.4, -0.2) is 33.5 Å². The number of nitrogens with zero attached hydrogens (tertiary/aromatic N) is 3. The quantitative estimate of drug-likeness (QED) is 0.835. The maximum Gasteiger partial charge on any atom is 0.322 e. The number of aromatic nitrogens is 2. The van der Waals surface area contributed by atoms with Crippen LogP contribution in [-0.2, 0) is 0 Å². The molecule has 2 amide bonds. The molecule has 1 unspecified atom stereocenters. The zero-order chi connectivity index (χ0) is 19.1. The highest BCUT2D eigenvalue weighted by atomic mass is 16.7. The van der Waals surface area contributed by atoms with Gasteiger partial charge in [0, 0.05) is 38.1 Å². The molecule has 1 spiro atoms. The maximum absolute atomic E-state index is 12.9. The van der Waals surface area contributed by atoms with Crippen molar-refractivity contribution in [2.45, 2.75) is 63.7 Å². The van der Waals surface area contributed by atoms with Crippen LogP contribution in [0.3, 0.4) is 0 Å². The Labute approximate surface area is 163 Å². The Morgan fingerprint density at radius 2 is 1.96 bits per heavy atom. The zero-order valence-corrected chi connectivity index (χ0v) is 15.9. The molecule has 1 aromatic carbocycles. The molecule has 148 valence electrons. The Bertz CT molecular complexity index is 890. The zero-order valence-electron chi connectivity index (χ0n) is 15.9. The standard InChI is InChI=1S/C20H24N4O4/c1-13-22-23-18(26-13)15-6-5-11-24(15)19(25)21-14-7-8-16-17(12-14)28-20(27-16)9-3-2-4-10-20/h7-8,12,15H,2-6,9-11H2,1H3,(H,21,25). The summed E-state index contributed by atoms with van der Waals surface area (Å²) in [5.41, 5.74) is 0.688. The molecule has 28 heavy (non-hydrogen) atoms. The molecular weight excluding hydrogens is 360 g/mol. The number of amides is 2. The highest BCUT2D eigenvalue weighted by Gasteiger charge is 2.42. The number of aryl methyl sites for hydroxylation is 1. The molecule has 3 aliphatic rings. The lowest BCUT2D eigenvalue weighted by molar-refractivity contribution is -0.105. The molecular formula is C20H24N4O4. The summed E-state index contributed by atoms with van der Waals surface area (Å²) in [7, 11) is 0. The molecule has 1 saturated heterocycles. The molecule has 1 N–H and O–H groups in total. The van der Waals surface area contributed by atoms with Crippen molar-refractivity contribution in [1.29, 1.82) is 0 Å². The summed E-state index contributed by atoms with van der Waals surface area (Å²) >= 11 is 0. The fourth-order valence-corrected chi connectivity index (χ4v) is 4.37. The normalized spacial score (nSPS) is 22.6. The molecule has 1 aliphatic carbocycles. The summed E-state index contributed by atoms with van der Waals surface area (Å²) in [6.45, 7) is 2.41. The van der Waals surface area contributed by atoms with Crippen molar-refractivity contribution in [1.82, 2.24) is 15.1 Å². The van der Waals surface area contributed by atoms with E-state index in [2.05, 4.69) is 15.5 Å². The number of urea groups is 1. The number of likely N-dealkylation sites (tertiary alicyclic amines) is 1. The lowest BCUT2D eigenvalue weighted by Gasteiger charge is -2.31. The van der Waals surface area contributed by atoms with Crippen LogP contribution in [0.25, 0.3) is 0 Å². The van der Waals surface area contributed by atoms with E-state index in [4.69, 9.17) is 13.9 Å². The second kappa shape index (κ2) is 6.68. The molecule has 1 aromatic heterocycles. The number of hydrogen-bond acceptors (Lipinski definition) is 6. The first-order valence-corrected chi connectivity index (χ1v) is 10.0. The SMILES string of the molecule is Cc1nnc(C2CCCN2C(=O)Nc2ccc3c(c2)OC2(CCCCC2)O3)o1. The summed E-state index contributed by atoms with van der Waals surface area (Å²) in [6.07, 6.45) is 6.99. The summed E-state index contributed by atoms with van der Waals surface area (Å²) in [4.78, 5) is 14.6. The van der Waals surface area contributed by atoms with Gasteiger partial charge < -0.3 is 24.1 Å². The van der Waals surface area contributed by atoms with Crippen molar-refractivity contribution in [3.8, 4) is 11.5 Å². The lowest BCUT2D eigenvalue weighted by atomic mass is 9.94. The number of ether oxygens (including phenoxy) is 2. The van der Waals surface area contributed by atoms with Crippen LogP contribution in [0.4, 0.5) is 10.5 Å². The Kier molecular flexibility index (Phi) is 4.14. The van der Waals surface area contributed by atoms with Crippen LogP contribution >= 0.6 is 0 Å². The van der Waals surface area contributed by atoms with Crippen molar-refractivity contribution >= 4 is 11.7 Å². The van der Waals surface area contributed by atoms with E-state index in [1.807, 2.05) is 18.2 Å². The Hall–Kier alpha value is -2.77. The van der Waals surface area contributed by atoms with Crippen molar-refractivity contribution < 1.29 is 18.7 Å². The topological polar surface area (TPSA) is 89.7 Å². The van der Waals surface area contributed by atoms with Gasteiger partial charge in [-0.2, -0.15) is 0 Å². The minimum Gasteiger partial charge on any atom is -0.448 e. The molecule has 8 nitrogen and oxygen atoms in total. The van der Waals surface area contributed by atoms with Crippen LogP contribution in [0.5, 0.6) is 11.5 Å². The number of hydrogen-bond donors (Lipinski definition) is 1. The number of benzene rings is 1. The maximum atomic E-state index is 12.9. The summed E-state index contributed by atoms with van der Waals surface area (Å²) in [5, 5.41) is 10.9. The molecule has 3 heterocycles. The first kappa shape index (κ1) is 17.3. The van der Waals surface area contributed by atoms with E-state index in [0.29, 0.717) is 29.8 Å². The Morgan fingerprint density at radius 1 is 1.14 bits per heavy atom. The van der Waals surface area contributed by atoms with Crippen LogP contribution in [0, 0.1) is 6.92 Å². The van der Waals surface area contributed by atoms with Crippen LogP contribution in [0.15, 0.2) is 22.6 Å². The molecule has 5 rings (SSSR count). The van der Waals surface area contributed by atoms with Gasteiger partial charge in [-0.25, -0.2) is 4.79 Å². The monoisotopic (exact) mass is 384 g/mol. The van der Waals surface area contributed by atoms with Gasteiger partial charge in [-0.15, -0.1) is 10.2 Å². The Morgan fingerprint density at radius 3 is 2.75 bits per heavy atom. The van der Waals surface area contributed by atoms with Crippen molar-refractivity contribution in [3.05, 3.63) is 30.0 Å². The molecule has 2 aromatic rings. The van der Waals surface area contributed by atoms with Gasteiger partial charge >= 0.3 is 6.03 Å². The smallest absolute Gasteiger partial charge is 0.322 e. The number of nitrogens with one attached hydrogen (secondary N) is 1. The summed E-state index contributed by atoms with van der Waals surface area (Å²) in [6, 6.07) is 5.21. The van der Waals surface area contributed by atoms with Gasteiger partial charge in [0.15, 0.2) is 11.5 Å². The number of fused-ring (bicyclic) bond motifs is 1. The fraction of sp³-hybridized carbons (Fsp3) is 0.550. The van der Waals surface area contributed by atoms with Crippen molar-refractivity contribution in [2.24, 2.45) is 0 Å². The van der Waals surface area contributed by atoms with Crippen molar-refractivity contribution in [2.75, 3.05) is 11.9 Å². The average Bonchev–Trinajstić information content (AvgIpc) is 3.39. The summed E-state index contributed by atoms with van der Waals surface area (Å²) in [5.74, 6) is 1.94. The van der Waals surface area contributed by atoms with Crippen LogP contribution in [0.1, 0.15) is 62.8 Å². The molecule has 2 fully saturated rings. The third kappa shape index (κ3) is 3.06. The van der Waals surface area contributed by atoms with Gasteiger partial charge in [0.05, 0.1) is 0 Å². The molecule has 2 aliphatic heterocycles. The van der Waals surface area contributed by atoms with E-state index in [0.717, 1.165) is 44.3 Å². The second-order valence-corrected chi connectivity index (χ2v) is 7.78. The van der Waals surface area contributed by atoms with Gasteiger partial charge in [0.1, 0.15) is 6.04 Å². The van der Waals surface area contributed by atoms with E-state index in [-0.39, 0.29) is 12.1 Å². The highest BCUT2D eigenvalue weighted by molar-refractivity contribution is 5.90. The van der Waals surface area contributed by atoms with Gasteiger partial charge in [-0.1, -0.05) is 6.42 Å². The number of rotatable bonds is 2. The molecule has 1 atom stereocenters.